The molecule has 2 aliphatic rings. The number of piperidine rings is 1. The number of pyridine rings is 1. The third-order valence-corrected chi connectivity index (χ3v) is 6.73. The van der Waals surface area contributed by atoms with E-state index in [2.05, 4.69) is 15.2 Å². The van der Waals surface area contributed by atoms with Crippen molar-refractivity contribution in [2.24, 2.45) is 7.05 Å². The number of aryl methyl sites for hydroxylation is 2. The Morgan fingerprint density at radius 2 is 1.83 bits per heavy atom. The molecule has 0 saturated carbocycles. The van der Waals surface area contributed by atoms with Gasteiger partial charge in [-0.1, -0.05) is 12.1 Å². The predicted octanol–water partition coefficient (Wildman–Crippen LogP) is 4.29. The van der Waals surface area contributed by atoms with Crippen LogP contribution in [0.25, 0.3) is 0 Å². The molecule has 0 atom stereocenters. The van der Waals surface area contributed by atoms with Gasteiger partial charge in [0.1, 0.15) is 11.5 Å². The SMILES string of the molecule is Cc1cccc(F)c1N1CCC(N2Cc3nn(C)nc3N(Cc3ncccc3C(F)(F)F)C2=O)CC1. The molecule has 0 unspecified atom stereocenters. The first-order valence-corrected chi connectivity index (χ1v) is 11.6. The Morgan fingerprint density at radius 1 is 1.08 bits per heavy atom. The molecule has 1 fully saturated rings. The summed E-state index contributed by atoms with van der Waals surface area (Å²) in [6, 6.07) is 6.52. The van der Waals surface area contributed by atoms with Crippen LogP contribution in [-0.2, 0) is 26.3 Å². The maximum atomic E-state index is 14.5. The van der Waals surface area contributed by atoms with Crippen molar-refractivity contribution in [2.45, 2.75) is 45.1 Å². The Kier molecular flexibility index (Phi) is 6.05. The number of halogens is 4. The number of para-hydroxylation sites is 1. The Bertz CT molecular complexity index is 1260. The fourth-order valence-electron chi connectivity index (χ4n) is 5.05. The minimum Gasteiger partial charge on any atom is -0.369 e. The van der Waals surface area contributed by atoms with Gasteiger partial charge in [-0.05, 0) is 43.5 Å². The van der Waals surface area contributed by atoms with Crippen molar-refractivity contribution < 1.29 is 22.4 Å². The van der Waals surface area contributed by atoms with Crippen LogP contribution < -0.4 is 9.80 Å². The second kappa shape index (κ2) is 9.07. The number of anilines is 2. The van der Waals surface area contributed by atoms with Crippen LogP contribution in [-0.4, -0.2) is 50.0 Å². The number of carbonyl (C=O) groups excluding carboxylic acids is 1. The largest absolute Gasteiger partial charge is 0.418 e. The van der Waals surface area contributed by atoms with E-state index in [1.54, 1.807) is 18.0 Å². The number of aromatic nitrogens is 4. The number of amides is 2. The predicted molar refractivity (Wildman–Crippen MR) is 124 cm³/mol. The molecule has 12 heteroatoms. The topological polar surface area (TPSA) is 70.4 Å². The highest BCUT2D eigenvalue weighted by Crippen LogP contribution is 2.35. The molecule has 0 spiro atoms. The average molecular weight is 504 g/mol. The van der Waals surface area contributed by atoms with Crippen molar-refractivity contribution in [3.63, 3.8) is 0 Å². The first-order valence-electron chi connectivity index (χ1n) is 11.6. The third kappa shape index (κ3) is 4.35. The van der Waals surface area contributed by atoms with Gasteiger partial charge < -0.3 is 9.80 Å². The lowest BCUT2D eigenvalue weighted by Crippen LogP contribution is -2.54. The number of hydrogen-bond donors (Lipinski definition) is 0. The zero-order valence-corrected chi connectivity index (χ0v) is 19.8. The van der Waals surface area contributed by atoms with Crippen molar-refractivity contribution in [1.82, 2.24) is 24.9 Å². The van der Waals surface area contributed by atoms with Crippen LogP contribution in [0.2, 0.25) is 0 Å². The molecule has 1 saturated heterocycles. The van der Waals surface area contributed by atoms with Gasteiger partial charge in [0.25, 0.3) is 0 Å². The highest BCUT2D eigenvalue weighted by molar-refractivity contribution is 5.93. The van der Waals surface area contributed by atoms with Crippen molar-refractivity contribution in [3.05, 3.63) is 64.9 Å². The van der Waals surface area contributed by atoms with E-state index in [4.69, 9.17) is 0 Å². The summed E-state index contributed by atoms with van der Waals surface area (Å²) in [4.78, 5) is 23.7. The Labute approximate surface area is 205 Å². The van der Waals surface area contributed by atoms with Crippen LogP contribution in [0.5, 0.6) is 0 Å². The van der Waals surface area contributed by atoms with Crippen molar-refractivity contribution >= 4 is 17.5 Å². The number of nitrogens with zero attached hydrogens (tertiary/aromatic N) is 7. The third-order valence-electron chi connectivity index (χ3n) is 6.73. The van der Waals surface area contributed by atoms with Crippen LogP contribution in [0.3, 0.4) is 0 Å². The normalized spacial score (nSPS) is 17.1. The second-order valence-electron chi connectivity index (χ2n) is 9.08. The van der Waals surface area contributed by atoms with Gasteiger partial charge in [0.05, 0.1) is 30.0 Å². The van der Waals surface area contributed by atoms with E-state index in [9.17, 15) is 22.4 Å². The summed E-state index contributed by atoms with van der Waals surface area (Å²) in [6.45, 7) is 2.77. The fourth-order valence-corrected chi connectivity index (χ4v) is 5.05. The molecular formula is C24H25F4N7O. The van der Waals surface area contributed by atoms with Gasteiger partial charge in [-0.25, -0.2) is 9.18 Å². The average Bonchev–Trinajstić information content (AvgIpc) is 3.21. The van der Waals surface area contributed by atoms with E-state index in [1.165, 1.54) is 28.0 Å². The monoisotopic (exact) mass is 503 g/mol. The van der Waals surface area contributed by atoms with Crippen molar-refractivity contribution in [1.29, 1.82) is 0 Å². The number of alkyl halides is 3. The lowest BCUT2D eigenvalue weighted by atomic mass is 10.0. The lowest BCUT2D eigenvalue weighted by Gasteiger charge is -2.43. The molecule has 0 radical (unpaired) electrons. The fraction of sp³-hybridized carbons (Fsp3) is 0.417. The minimum absolute atomic E-state index is 0.177. The van der Waals surface area contributed by atoms with Gasteiger partial charge in [0.15, 0.2) is 5.82 Å². The molecule has 0 N–H and O–H groups in total. The molecule has 0 bridgehead atoms. The summed E-state index contributed by atoms with van der Waals surface area (Å²) >= 11 is 0. The van der Waals surface area contributed by atoms with Crippen LogP contribution in [0.4, 0.5) is 33.9 Å². The molecule has 36 heavy (non-hydrogen) atoms. The first kappa shape index (κ1) is 24.0. The van der Waals surface area contributed by atoms with Crippen LogP contribution in [0.1, 0.15) is 35.4 Å². The number of fused-ring (bicyclic) bond motifs is 1. The number of urea groups is 1. The Balaban J connectivity index is 1.39. The number of hydrogen-bond acceptors (Lipinski definition) is 5. The summed E-state index contributed by atoms with van der Waals surface area (Å²) in [6.07, 6.45) is -2.17. The molecule has 4 heterocycles. The maximum Gasteiger partial charge on any atom is 0.418 e. The van der Waals surface area contributed by atoms with Gasteiger partial charge in [-0.15, -0.1) is 5.10 Å². The molecule has 5 rings (SSSR count). The van der Waals surface area contributed by atoms with E-state index >= 15 is 0 Å². The molecule has 2 aliphatic heterocycles. The summed E-state index contributed by atoms with van der Waals surface area (Å²) in [5.41, 5.74) is 0.756. The standard InChI is InChI=1S/C24H25F4N7O/c1-15-5-3-7-18(25)21(15)33-11-8-16(9-12-33)34-14-20-22(31-32(2)30-20)35(23(34)36)13-19-17(24(26,27)28)6-4-10-29-19/h3-7,10,16H,8-9,11-14H2,1-2H3. The number of benzene rings is 1. The van der Waals surface area contributed by atoms with Crippen molar-refractivity contribution in [2.75, 3.05) is 22.9 Å². The van der Waals surface area contributed by atoms with Gasteiger partial charge in [-0.3, -0.25) is 9.88 Å². The first-order chi connectivity index (χ1) is 17.1. The molecule has 8 nitrogen and oxygen atoms in total. The maximum absolute atomic E-state index is 14.5. The Morgan fingerprint density at radius 3 is 2.53 bits per heavy atom. The molecule has 190 valence electrons. The van der Waals surface area contributed by atoms with E-state index in [0.717, 1.165) is 11.6 Å². The van der Waals surface area contributed by atoms with Gasteiger partial charge in [0.2, 0.25) is 0 Å². The molecule has 3 aromatic rings. The highest BCUT2D eigenvalue weighted by atomic mass is 19.4. The number of carbonyl (C=O) groups is 1. The molecule has 2 aromatic heterocycles. The molecular weight excluding hydrogens is 478 g/mol. The van der Waals surface area contributed by atoms with E-state index < -0.39 is 17.8 Å². The smallest absolute Gasteiger partial charge is 0.369 e. The van der Waals surface area contributed by atoms with E-state index in [0.29, 0.717) is 37.3 Å². The summed E-state index contributed by atoms with van der Waals surface area (Å²) < 4.78 is 55.2. The Hall–Kier alpha value is -3.70. The zero-order valence-electron chi connectivity index (χ0n) is 19.8. The van der Waals surface area contributed by atoms with Gasteiger partial charge in [0, 0.05) is 32.4 Å². The minimum atomic E-state index is -4.61. The highest BCUT2D eigenvalue weighted by Gasteiger charge is 2.41. The van der Waals surface area contributed by atoms with Gasteiger partial charge >= 0.3 is 12.2 Å². The van der Waals surface area contributed by atoms with Crippen LogP contribution in [0.15, 0.2) is 36.5 Å². The summed E-state index contributed by atoms with van der Waals surface area (Å²) in [7, 11) is 1.60. The summed E-state index contributed by atoms with van der Waals surface area (Å²) in [5, 5.41) is 8.59. The molecule has 0 aliphatic carbocycles. The number of rotatable bonds is 4. The van der Waals surface area contributed by atoms with Gasteiger partial charge in [-0.2, -0.15) is 23.1 Å². The second-order valence-corrected chi connectivity index (χ2v) is 9.08. The quantitative estimate of drug-likeness (QED) is 0.497. The van der Waals surface area contributed by atoms with Crippen molar-refractivity contribution in [3.8, 4) is 0 Å². The summed E-state index contributed by atoms with van der Waals surface area (Å²) in [5.74, 6) is -0.0503. The van der Waals surface area contributed by atoms with E-state index in [1.807, 2.05) is 17.9 Å². The molecule has 2 amide bonds. The van der Waals surface area contributed by atoms with Crippen LogP contribution in [0, 0.1) is 12.7 Å². The van der Waals surface area contributed by atoms with Crippen LogP contribution >= 0.6 is 0 Å². The van der Waals surface area contributed by atoms with E-state index in [-0.39, 0.29) is 36.5 Å². The zero-order chi connectivity index (χ0) is 25.6. The lowest BCUT2D eigenvalue weighted by molar-refractivity contribution is -0.138. The molecule has 1 aromatic carbocycles.